The van der Waals surface area contributed by atoms with Crippen LogP contribution in [0.15, 0.2) is 205 Å². The molecule has 10 aromatic carbocycles. The van der Waals surface area contributed by atoms with Gasteiger partial charge in [0.25, 0.3) is 0 Å². The predicted octanol–water partition coefficient (Wildman–Crippen LogP) is 16.2. The summed E-state index contributed by atoms with van der Waals surface area (Å²) in [6.45, 7) is 0. The van der Waals surface area contributed by atoms with Crippen molar-refractivity contribution in [3.63, 3.8) is 0 Å². The highest BCUT2D eigenvalue weighted by atomic mass is 32.1. The Kier molecular flexibility index (Phi) is 7.13. The van der Waals surface area contributed by atoms with Crippen molar-refractivity contribution in [1.82, 2.24) is 0 Å². The summed E-state index contributed by atoms with van der Waals surface area (Å²) in [5, 5.41) is 12.2. The monoisotopic (exact) mass is 743 g/mol. The highest BCUT2D eigenvalue weighted by molar-refractivity contribution is 7.25. The van der Waals surface area contributed by atoms with Crippen molar-refractivity contribution in [2.75, 3.05) is 4.90 Å². The average Bonchev–Trinajstić information content (AvgIpc) is 3.86. The molecule has 12 rings (SSSR count). The van der Waals surface area contributed by atoms with Crippen molar-refractivity contribution in [3.05, 3.63) is 200 Å². The summed E-state index contributed by atoms with van der Waals surface area (Å²) in [6.07, 6.45) is 0. The maximum Gasteiger partial charge on any atom is 0.143 e. The summed E-state index contributed by atoms with van der Waals surface area (Å²) in [4.78, 5) is 2.38. The molecule has 0 bridgehead atoms. The third-order valence-corrected chi connectivity index (χ3v) is 12.8. The summed E-state index contributed by atoms with van der Waals surface area (Å²) in [5.74, 6) is 0. The van der Waals surface area contributed by atoms with Crippen LogP contribution >= 0.6 is 11.3 Å². The fourth-order valence-electron chi connectivity index (χ4n) is 8.85. The van der Waals surface area contributed by atoms with E-state index in [0.717, 1.165) is 44.4 Å². The highest BCUT2D eigenvalue weighted by Gasteiger charge is 2.21. The normalized spacial score (nSPS) is 11.9. The molecule has 2 heterocycles. The quantitative estimate of drug-likeness (QED) is 0.163. The predicted molar refractivity (Wildman–Crippen MR) is 245 cm³/mol. The maximum atomic E-state index is 6.68. The van der Waals surface area contributed by atoms with E-state index in [2.05, 4.69) is 205 Å². The lowest BCUT2D eigenvalue weighted by atomic mass is 9.97. The number of hydrogen-bond donors (Lipinski definition) is 0. The molecule has 0 aliphatic heterocycles. The van der Waals surface area contributed by atoms with E-state index in [1.807, 2.05) is 11.3 Å². The molecule has 0 aliphatic carbocycles. The minimum absolute atomic E-state index is 0.872. The van der Waals surface area contributed by atoms with E-state index in [1.165, 1.54) is 69.4 Å². The standard InChI is InChI=1S/C54H33NOS/c1-3-10-43-36(8-1)16-17-40-32-38(23-29-44(40)43)34-18-25-41(26-19-34)55(49-13-7-14-50-53(49)47-30-22-37-9-2-4-11-45(37)54(47)56-50)42-27-20-35(21-28-42)39-24-31-52-48(33-39)46-12-5-6-15-51(46)57-52/h1-33H. The van der Waals surface area contributed by atoms with Gasteiger partial charge in [-0.15, -0.1) is 11.3 Å². The van der Waals surface area contributed by atoms with Gasteiger partial charge in [0.1, 0.15) is 11.2 Å². The first kappa shape index (κ1) is 32.1. The van der Waals surface area contributed by atoms with Crippen molar-refractivity contribution in [3.8, 4) is 22.3 Å². The Balaban J connectivity index is 0.994. The number of rotatable bonds is 5. The molecule has 0 atom stereocenters. The number of fused-ring (bicyclic) bond motifs is 11. The van der Waals surface area contributed by atoms with E-state index in [-0.39, 0.29) is 0 Å². The van der Waals surface area contributed by atoms with Gasteiger partial charge >= 0.3 is 0 Å². The van der Waals surface area contributed by atoms with E-state index < -0.39 is 0 Å². The van der Waals surface area contributed by atoms with Crippen molar-refractivity contribution >= 4 is 103 Å². The molecular formula is C54H33NOS. The fraction of sp³-hybridized carbons (Fsp3) is 0. The second kappa shape index (κ2) is 12.7. The lowest BCUT2D eigenvalue weighted by Crippen LogP contribution is -2.10. The van der Waals surface area contributed by atoms with Crippen LogP contribution in [-0.4, -0.2) is 0 Å². The zero-order valence-corrected chi connectivity index (χ0v) is 31.6. The van der Waals surface area contributed by atoms with E-state index in [9.17, 15) is 0 Å². The van der Waals surface area contributed by atoms with E-state index in [1.54, 1.807) is 0 Å². The Hall–Kier alpha value is -7.20. The number of anilines is 3. The fourth-order valence-corrected chi connectivity index (χ4v) is 9.94. The molecule has 0 unspecified atom stereocenters. The van der Waals surface area contributed by atoms with Gasteiger partial charge in [0, 0.05) is 42.3 Å². The van der Waals surface area contributed by atoms with Crippen molar-refractivity contribution < 1.29 is 4.42 Å². The molecule has 0 N–H and O–H groups in total. The van der Waals surface area contributed by atoms with E-state index in [4.69, 9.17) is 4.42 Å². The average molecular weight is 744 g/mol. The van der Waals surface area contributed by atoms with Crippen LogP contribution in [0.2, 0.25) is 0 Å². The van der Waals surface area contributed by atoms with Crippen LogP contribution in [0.3, 0.4) is 0 Å². The third-order valence-electron chi connectivity index (χ3n) is 11.6. The largest absolute Gasteiger partial charge is 0.455 e. The molecule has 57 heavy (non-hydrogen) atoms. The van der Waals surface area contributed by atoms with Crippen LogP contribution in [-0.2, 0) is 0 Å². The minimum Gasteiger partial charge on any atom is -0.455 e. The van der Waals surface area contributed by atoms with E-state index in [0.29, 0.717) is 0 Å². The van der Waals surface area contributed by atoms with Crippen molar-refractivity contribution in [2.24, 2.45) is 0 Å². The summed E-state index contributed by atoms with van der Waals surface area (Å²) < 4.78 is 9.32. The Labute approximate surface area is 333 Å². The van der Waals surface area contributed by atoms with Gasteiger partial charge in [-0.3, -0.25) is 0 Å². The number of benzene rings is 10. The summed E-state index contributed by atoms with van der Waals surface area (Å²) in [6, 6.07) is 72.8. The zero-order valence-electron chi connectivity index (χ0n) is 30.8. The van der Waals surface area contributed by atoms with Crippen LogP contribution < -0.4 is 4.90 Å². The summed E-state index contributed by atoms with van der Waals surface area (Å²) >= 11 is 1.86. The number of thiophene rings is 1. The molecule has 0 fully saturated rings. The maximum absolute atomic E-state index is 6.68. The lowest BCUT2D eigenvalue weighted by molar-refractivity contribution is 0.672. The van der Waals surface area contributed by atoms with Crippen LogP contribution in [0.4, 0.5) is 17.1 Å². The minimum atomic E-state index is 0.872. The Morgan fingerprint density at radius 1 is 0.351 bits per heavy atom. The third kappa shape index (κ3) is 5.17. The number of nitrogens with zero attached hydrogens (tertiary/aromatic N) is 1. The van der Waals surface area contributed by atoms with Crippen molar-refractivity contribution in [2.45, 2.75) is 0 Å². The Bertz CT molecular complexity index is 3520. The molecule has 0 saturated carbocycles. The van der Waals surface area contributed by atoms with Gasteiger partial charge in [-0.2, -0.15) is 0 Å². The Morgan fingerprint density at radius 3 is 1.70 bits per heavy atom. The highest BCUT2D eigenvalue weighted by Crippen LogP contribution is 2.45. The van der Waals surface area contributed by atoms with Crippen molar-refractivity contribution in [1.29, 1.82) is 0 Å². The number of hydrogen-bond acceptors (Lipinski definition) is 3. The second-order valence-electron chi connectivity index (χ2n) is 14.9. The molecule has 2 nitrogen and oxygen atoms in total. The molecule has 266 valence electrons. The first-order valence-electron chi connectivity index (χ1n) is 19.4. The van der Waals surface area contributed by atoms with Crippen LogP contribution in [0.25, 0.3) is 96.7 Å². The molecule has 12 aromatic rings. The van der Waals surface area contributed by atoms with Gasteiger partial charge in [-0.05, 0) is 116 Å². The van der Waals surface area contributed by atoms with Gasteiger partial charge in [0.2, 0.25) is 0 Å². The molecule has 0 radical (unpaired) electrons. The molecule has 0 saturated heterocycles. The summed E-state index contributed by atoms with van der Waals surface area (Å²) in [7, 11) is 0. The van der Waals surface area contributed by atoms with Gasteiger partial charge < -0.3 is 9.32 Å². The van der Waals surface area contributed by atoms with E-state index >= 15 is 0 Å². The van der Waals surface area contributed by atoms with Gasteiger partial charge in [-0.1, -0.05) is 133 Å². The molecule has 0 aliphatic rings. The van der Waals surface area contributed by atoms with Gasteiger partial charge in [0.15, 0.2) is 0 Å². The first-order chi connectivity index (χ1) is 28.2. The van der Waals surface area contributed by atoms with Crippen LogP contribution in [0.5, 0.6) is 0 Å². The Morgan fingerprint density at radius 2 is 0.912 bits per heavy atom. The topological polar surface area (TPSA) is 16.4 Å². The number of furan rings is 1. The first-order valence-corrected chi connectivity index (χ1v) is 20.2. The zero-order chi connectivity index (χ0) is 37.5. The smallest absolute Gasteiger partial charge is 0.143 e. The molecule has 0 spiro atoms. The van der Waals surface area contributed by atoms with Gasteiger partial charge in [0.05, 0.1) is 11.1 Å². The molecule has 2 aromatic heterocycles. The SMILES string of the molecule is c1ccc2c(c1)ccc1cc(-c3ccc(N(c4ccc(-c5ccc6sc7ccccc7c6c5)cc4)c4cccc5oc6c7ccccc7ccc6c45)cc3)ccc12. The van der Waals surface area contributed by atoms with Crippen LogP contribution in [0.1, 0.15) is 0 Å². The molecule has 3 heteroatoms. The summed E-state index contributed by atoms with van der Waals surface area (Å²) in [5.41, 5.74) is 9.80. The van der Waals surface area contributed by atoms with Gasteiger partial charge in [-0.25, -0.2) is 0 Å². The lowest BCUT2D eigenvalue weighted by Gasteiger charge is -2.26. The molecular weight excluding hydrogens is 711 g/mol. The molecule has 0 amide bonds. The second-order valence-corrected chi connectivity index (χ2v) is 16.0. The van der Waals surface area contributed by atoms with Crippen LogP contribution in [0, 0.1) is 0 Å².